The molecule has 8 nitrogen and oxygen atoms in total. The number of non-ortho nitro benzene ring substituents is 1. The van der Waals surface area contributed by atoms with E-state index in [2.05, 4.69) is 5.43 Å². The van der Waals surface area contributed by atoms with Crippen LogP contribution in [0.15, 0.2) is 17.0 Å². The van der Waals surface area contributed by atoms with Gasteiger partial charge in [0.2, 0.25) is 5.91 Å². The minimum absolute atomic E-state index is 0.238. The van der Waals surface area contributed by atoms with Gasteiger partial charge in [-0.2, -0.15) is 0 Å². The Morgan fingerprint density at radius 3 is 2.33 bits per heavy atom. The Labute approximate surface area is 122 Å². The van der Waals surface area contributed by atoms with Crippen LogP contribution in [0.1, 0.15) is 25.0 Å². The maximum Gasteiger partial charge on any atom is 0.271 e. The molecule has 0 saturated heterocycles. The number of nitro groups is 1. The van der Waals surface area contributed by atoms with Gasteiger partial charge in [-0.1, -0.05) is 13.8 Å². The average molecular weight is 315 g/mol. The summed E-state index contributed by atoms with van der Waals surface area (Å²) < 4.78 is 24.3. The highest BCUT2D eigenvalue weighted by molar-refractivity contribution is 7.89. The van der Waals surface area contributed by atoms with Crippen molar-refractivity contribution >= 4 is 21.6 Å². The third-order valence-corrected chi connectivity index (χ3v) is 4.31. The Kier molecular flexibility index (Phi) is 5.02. The lowest BCUT2D eigenvalue weighted by atomic mass is 10.1. The number of nitrogens with zero attached hydrogens (tertiary/aromatic N) is 1. The largest absolute Gasteiger partial charge is 0.277 e. The molecular weight excluding hydrogens is 298 g/mol. The normalized spacial score (nSPS) is 11.5. The van der Waals surface area contributed by atoms with Crippen LogP contribution in [0.3, 0.4) is 0 Å². The SMILES string of the molecule is Cc1cc([N+](=O)[O-])cc(S(=O)(=O)NNC(=O)C(C)C)c1C. The number of hydrogen-bond donors (Lipinski definition) is 2. The Bertz CT molecular complexity index is 682. The molecule has 1 aromatic carbocycles. The summed E-state index contributed by atoms with van der Waals surface area (Å²) in [6.07, 6.45) is 0. The molecule has 0 bridgehead atoms. The van der Waals surface area contributed by atoms with Crippen molar-refractivity contribution in [3.63, 3.8) is 0 Å². The second-order valence-electron chi connectivity index (χ2n) is 4.89. The van der Waals surface area contributed by atoms with Crippen molar-refractivity contribution in [2.75, 3.05) is 0 Å². The van der Waals surface area contributed by atoms with Crippen molar-refractivity contribution in [2.45, 2.75) is 32.6 Å². The highest BCUT2D eigenvalue weighted by Crippen LogP contribution is 2.24. The monoisotopic (exact) mass is 315 g/mol. The van der Waals surface area contributed by atoms with Crippen LogP contribution < -0.4 is 10.3 Å². The summed E-state index contributed by atoms with van der Waals surface area (Å²) in [6, 6.07) is 2.26. The van der Waals surface area contributed by atoms with Gasteiger partial charge in [0.05, 0.1) is 9.82 Å². The highest BCUT2D eigenvalue weighted by Gasteiger charge is 2.23. The third-order valence-electron chi connectivity index (χ3n) is 2.94. The first-order valence-electron chi connectivity index (χ1n) is 6.13. The number of carbonyl (C=O) groups excluding carboxylic acids is 1. The zero-order valence-corrected chi connectivity index (χ0v) is 12.9. The molecule has 0 heterocycles. The molecule has 0 spiro atoms. The summed E-state index contributed by atoms with van der Waals surface area (Å²) in [5, 5.41) is 10.8. The number of nitro benzene ring substituents is 1. The molecule has 0 saturated carbocycles. The van der Waals surface area contributed by atoms with E-state index in [1.807, 2.05) is 4.83 Å². The third kappa shape index (κ3) is 3.99. The molecule has 0 atom stereocenters. The Morgan fingerprint density at radius 1 is 1.29 bits per heavy atom. The number of sulfonamides is 1. The fraction of sp³-hybridized carbons (Fsp3) is 0.417. The lowest BCUT2D eigenvalue weighted by Crippen LogP contribution is -2.43. The van der Waals surface area contributed by atoms with Crippen LogP contribution >= 0.6 is 0 Å². The van der Waals surface area contributed by atoms with Crippen molar-refractivity contribution in [3.8, 4) is 0 Å². The molecule has 0 aromatic heterocycles. The molecule has 1 amide bonds. The molecule has 0 radical (unpaired) electrons. The molecule has 0 fully saturated rings. The van der Waals surface area contributed by atoms with Gasteiger partial charge in [-0.05, 0) is 25.0 Å². The summed E-state index contributed by atoms with van der Waals surface area (Å²) >= 11 is 0. The van der Waals surface area contributed by atoms with Crippen molar-refractivity contribution in [1.29, 1.82) is 0 Å². The molecule has 0 aliphatic rings. The number of amides is 1. The van der Waals surface area contributed by atoms with Crippen LogP contribution in [0.2, 0.25) is 0 Å². The molecule has 0 aliphatic carbocycles. The first-order valence-corrected chi connectivity index (χ1v) is 7.62. The number of nitrogens with one attached hydrogen (secondary N) is 2. The number of aryl methyl sites for hydroxylation is 1. The highest BCUT2D eigenvalue weighted by atomic mass is 32.2. The average Bonchev–Trinajstić information content (AvgIpc) is 2.38. The Hall–Kier alpha value is -2.00. The molecule has 2 N–H and O–H groups in total. The standard InChI is InChI=1S/C12H17N3O5S/c1-7(2)12(16)13-14-21(19,20)11-6-10(15(17)18)5-8(3)9(11)4/h5-7,14H,1-4H3,(H,13,16). The van der Waals surface area contributed by atoms with Gasteiger partial charge >= 0.3 is 0 Å². The maximum absolute atomic E-state index is 12.2. The fourth-order valence-electron chi connectivity index (χ4n) is 1.51. The number of hydrazine groups is 1. The van der Waals surface area contributed by atoms with E-state index >= 15 is 0 Å². The molecule has 21 heavy (non-hydrogen) atoms. The molecule has 9 heteroatoms. The van der Waals surface area contributed by atoms with E-state index in [1.54, 1.807) is 20.8 Å². The van der Waals surface area contributed by atoms with Gasteiger partial charge in [-0.15, -0.1) is 4.83 Å². The molecule has 116 valence electrons. The number of benzene rings is 1. The molecule has 1 rings (SSSR count). The summed E-state index contributed by atoms with van der Waals surface area (Å²) in [5.41, 5.74) is 2.60. The fourth-order valence-corrected chi connectivity index (χ4v) is 2.69. The summed E-state index contributed by atoms with van der Waals surface area (Å²) in [5.74, 6) is -0.904. The summed E-state index contributed by atoms with van der Waals surface area (Å²) in [7, 11) is -4.08. The van der Waals surface area contributed by atoms with E-state index in [0.717, 1.165) is 6.07 Å². The van der Waals surface area contributed by atoms with E-state index in [0.29, 0.717) is 11.1 Å². The minimum atomic E-state index is -4.08. The van der Waals surface area contributed by atoms with Crippen LogP contribution in [0, 0.1) is 29.9 Å². The molecule has 1 aromatic rings. The lowest BCUT2D eigenvalue weighted by molar-refractivity contribution is -0.385. The van der Waals surface area contributed by atoms with E-state index in [4.69, 9.17) is 0 Å². The van der Waals surface area contributed by atoms with Crippen molar-refractivity contribution in [1.82, 2.24) is 10.3 Å². The van der Waals surface area contributed by atoms with Gasteiger partial charge in [0.25, 0.3) is 15.7 Å². The first kappa shape index (κ1) is 17.1. The van der Waals surface area contributed by atoms with E-state index in [9.17, 15) is 23.3 Å². The second-order valence-corrected chi connectivity index (χ2v) is 6.54. The number of hydrogen-bond acceptors (Lipinski definition) is 5. The lowest BCUT2D eigenvalue weighted by Gasteiger charge is -2.13. The van der Waals surface area contributed by atoms with Gasteiger partial charge in [-0.3, -0.25) is 20.3 Å². The molecule has 0 unspecified atom stereocenters. The summed E-state index contributed by atoms with van der Waals surface area (Å²) in [6.45, 7) is 6.32. The van der Waals surface area contributed by atoms with Crippen molar-refractivity contribution in [3.05, 3.63) is 33.4 Å². The van der Waals surface area contributed by atoms with Gasteiger partial charge < -0.3 is 0 Å². The quantitative estimate of drug-likeness (QED) is 0.624. The predicted octanol–water partition coefficient (Wildman–Crippen LogP) is 1.18. The Balaban J connectivity index is 3.19. The van der Waals surface area contributed by atoms with Gasteiger partial charge in [-0.25, -0.2) is 8.42 Å². The van der Waals surface area contributed by atoms with Gasteiger partial charge in [0.1, 0.15) is 0 Å². The Morgan fingerprint density at radius 2 is 1.86 bits per heavy atom. The first-order chi connectivity index (χ1) is 9.56. The van der Waals surface area contributed by atoms with Crippen LogP contribution in [-0.2, 0) is 14.8 Å². The smallest absolute Gasteiger partial charge is 0.271 e. The summed E-state index contributed by atoms with van der Waals surface area (Å²) in [4.78, 5) is 23.3. The number of carbonyl (C=O) groups is 1. The maximum atomic E-state index is 12.2. The van der Waals surface area contributed by atoms with Gasteiger partial charge in [0, 0.05) is 18.1 Å². The zero-order chi connectivity index (χ0) is 16.4. The number of rotatable bonds is 5. The van der Waals surface area contributed by atoms with E-state index in [1.165, 1.54) is 13.0 Å². The minimum Gasteiger partial charge on any atom is -0.277 e. The van der Waals surface area contributed by atoms with Crippen LogP contribution in [0.25, 0.3) is 0 Å². The van der Waals surface area contributed by atoms with Crippen molar-refractivity contribution < 1.29 is 18.1 Å². The molecule has 0 aliphatic heterocycles. The zero-order valence-electron chi connectivity index (χ0n) is 12.1. The van der Waals surface area contributed by atoms with Gasteiger partial charge in [0.15, 0.2) is 0 Å². The van der Waals surface area contributed by atoms with Crippen LogP contribution in [0.4, 0.5) is 5.69 Å². The predicted molar refractivity (Wildman–Crippen MR) is 75.9 cm³/mol. The van der Waals surface area contributed by atoms with Crippen molar-refractivity contribution in [2.24, 2.45) is 5.92 Å². The van der Waals surface area contributed by atoms with Crippen LogP contribution in [-0.4, -0.2) is 19.2 Å². The second kappa shape index (κ2) is 6.19. The van der Waals surface area contributed by atoms with E-state index in [-0.39, 0.29) is 10.6 Å². The molecular formula is C12H17N3O5S. The van der Waals surface area contributed by atoms with Crippen LogP contribution in [0.5, 0.6) is 0 Å². The topological polar surface area (TPSA) is 118 Å². The van der Waals surface area contributed by atoms with E-state index < -0.39 is 26.8 Å².